The van der Waals surface area contributed by atoms with Crippen molar-refractivity contribution in [1.82, 2.24) is 0 Å². The van der Waals surface area contributed by atoms with Crippen molar-refractivity contribution < 1.29 is 4.79 Å². The number of benzene rings is 2. The maximum absolute atomic E-state index is 12.7. The predicted molar refractivity (Wildman–Crippen MR) is 113 cm³/mol. The van der Waals surface area contributed by atoms with Crippen molar-refractivity contribution in [1.29, 1.82) is 0 Å². The fourth-order valence-corrected chi connectivity index (χ4v) is 4.30. The maximum atomic E-state index is 12.7. The molecular formula is C21H26BrN3O. The lowest BCUT2D eigenvalue weighted by Gasteiger charge is -2.42. The number of halogens is 1. The number of nitrogens with one attached hydrogen (secondary N) is 1. The Kier molecular flexibility index (Phi) is 5.56. The number of piperidine rings is 1. The Morgan fingerprint density at radius 2 is 1.85 bits per heavy atom. The fourth-order valence-electron chi connectivity index (χ4n) is 3.84. The van der Waals surface area contributed by atoms with Crippen LogP contribution in [0.4, 0.5) is 17.1 Å². The Morgan fingerprint density at radius 3 is 2.50 bits per heavy atom. The summed E-state index contributed by atoms with van der Waals surface area (Å²) in [5.41, 5.74) is 10.3. The molecule has 0 saturated carbocycles. The van der Waals surface area contributed by atoms with Crippen molar-refractivity contribution >= 4 is 38.9 Å². The number of nitrogens with two attached hydrogens (primary N) is 1. The molecule has 0 aromatic heterocycles. The van der Waals surface area contributed by atoms with E-state index in [2.05, 4.69) is 46.9 Å². The van der Waals surface area contributed by atoms with E-state index < -0.39 is 0 Å². The van der Waals surface area contributed by atoms with Crippen molar-refractivity contribution in [3.8, 4) is 0 Å². The molecule has 1 amide bonds. The van der Waals surface area contributed by atoms with Gasteiger partial charge in [0.2, 0.25) is 0 Å². The van der Waals surface area contributed by atoms with Crippen molar-refractivity contribution in [2.45, 2.75) is 52.1 Å². The van der Waals surface area contributed by atoms with Crippen LogP contribution in [0.1, 0.15) is 49.0 Å². The summed E-state index contributed by atoms with van der Waals surface area (Å²) in [6, 6.07) is 12.3. The number of hydrogen-bond donors (Lipinski definition) is 2. The number of rotatable bonds is 3. The Hall–Kier alpha value is -2.01. The molecule has 0 spiro atoms. The van der Waals surface area contributed by atoms with E-state index in [9.17, 15) is 4.79 Å². The van der Waals surface area contributed by atoms with Gasteiger partial charge < -0.3 is 16.0 Å². The Balaban J connectivity index is 1.93. The molecule has 1 aliphatic rings. The van der Waals surface area contributed by atoms with E-state index in [1.165, 1.54) is 19.3 Å². The number of nitrogens with zero attached hydrogens (tertiary/aromatic N) is 1. The normalized spacial score (nSPS) is 20.1. The third kappa shape index (κ3) is 3.73. The number of carbonyl (C=O) groups excluding carboxylic acids is 1. The van der Waals surface area contributed by atoms with Gasteiger partial charge in [-0.05, 0) is 85.8 Å². The molecule has 0 bridgehead atoms. The molecule has 2 atom stereocenters. The van der Waals surface area contributed by atoms with Crippen LogP contribution in [0.3, 0.4) is 0 Å². The van der Waals surface area contributed by atoms with Crippen LogP contribution >= 0.6 is 15.9 Å². The van der Waals surface area contributed by atoms with Crippen LogP contribution in [-0.2, 0) is 0 Å². The summed E-state index contributed by atoms with van der Waals surface area (Å²) in [5.74, 6) is -0.168. The van der Waals surface area contributed by atoms with Crippen molar-refractivity contribution in [3.05, 3.63) is 52.0 Å². The zero-order valence-corrected chi connectivity index (χ0v) is 17.1. The van der Waals surface area contributed by atoms with Crippen molar-refractivity contribution in [3.63, 3.8) is 0 Å². The lowest BCUT2D eigenvalue weighted by Crippen LogP contribution is -2.44. The van der Waals surface area contributed by atoms with Gasteiger partial charge in [0.15, 0.2) is 0 Å². The third-order valence-electron chi connectivity index (χ3n) is 5.21. The van der Waals surface area contributed by atoms with Crippen LogP contribution in [0.2, 0.25) is 0 Å². The van der Waals surface area contributed by atoms with Gasteiger partial charge in [0.25, 0.3) is 5.91 Å². The minimum atomic E-state index is -0.168. The standard InChI is InChI=1S/C21H26BrN3O/c1-13-11-18(23)19(24-21(26)16-9-4-5-10-17(16)22)12-20(13)25-14(2)7-6-8-15(25)3/h4-5,9-12,14-15H,6-8,23H2,1-3H3,(H,24,26)/t14-,15-/m1/s1. The van der Waals surface area contributed by atoms with E-state index in [1.807, 2.05) is 30.3 Å². The van der Waals surface area contributed by atoms with Crippen LogP contribution in [0.15, 0.2) is 40.9 Å². The number of aryl methyl sites for hydroxylation is 1. The fraction of sp³-hybridized carbons (Fsp3) is 0.381. The van der Waals surface area contributed by atoms with Crippen molar-refractivity contribution in [2.24, 2.45) is 0 Å². The summed E-state index contributed by atoms with van der Waals surface area (Å²) in [4.78, 5) is 15.1. The van der Waals surface area contributed by atoms with Gasteiger partial charge in [-0.1, -0.05) is 12.1 Å². The molecule has 5 heteroatoms. The largest absolute Gasteiger partial charge is 0.397 e. The summed E-state index contributed by atoms with van der Waals surface area (Å²) in [6.45, 7) is 6.62. The molecule has 1 heterocycles. The zero-order chi connectivity index (χ0) is 18.8. The van der Waals surface area contributed by atoms with Gasteiger partial charge in [0.1, 0.15) is 0 Å². The monoisotopic (exact) mass is 415 g/mol. The van der Waals surface area contributed by atoms with E-state index >= 15 is 0 Å². The molecule has 3 rings (SSSR count). The van der Waals surface area contributed by atoms with Gasteiger partial charge in [-0.15, -0.1) is 0 Å². The lowest BCUT2D eigenvalue weighted by molar-refractivity contribution is 0.102. The molecule has 0 radical (unpaired) electrons. The molecular weight excluding hydrogens is 390 g/mol. The highest BCUT2D eigenvalue weighted by atomic mass is 79.9. The Morgan fingerprint density at radius 1 is 1.19 bits per heavy atom. The molecule has 1 aliphatic heterocycles. The smallest absolute Gasteiger partial charge is 0.256 e. The first-order valence-corrected chi connectivity index (χ1v) is 9.92. The highest BCUT2D eigenvalue weighted by Gasteiger charge is 2.26. The molecule has 3 N–H and O–H groups in total. The molecule has 0 aliphatic carbocycles. The number of hydrogen-bond acceptors (Lipinski definition) is 3. The summed E-state index contributed by atoms with van der Waals surface area (Å²) < 4.78 is 0.765. The van der Waals surface area contributed by atoms with Gasteiger partial charge in [-0.2, -0.15) is 0 Å². The second kappa shape index (κ2) is 7.70. The van der Waals surface area contributed by atoms with Gasteiger partial charge >= 0.3 is 0 Å². The SMILES string of the molecule is Cc1cc(N)c(NC(=O)c2ccccc2Br)cc1N1[C@H](C)CCC[C@H]1C. The van der Waals surface area contributed by atoms with Crippen LogP contribution in [0.5, 0.6) is 0 Å². The van der Waals surface area contributed by atoms with Crippen LogP contribution in [0, 0.1) is 6.92 Å². The highest BCUT2D eigenvalue weighted by Crippen LogP contribution is 2.36. The summed E-state index contributed by atoms with van der Waals surface area (Å²) in [6.07, 6.45) is 3.64. The van der Waals surface area contributed by atoms with E-state index in [4.69, 9.17) is 5.73 Å². The molecule has 1 fully saturated rings. The minimum Gasteiger partial charge on any atom is -0.397 e. The summed E-state index contributed by atoms with van der Waals surface area (Å²) in [7, 11) is 0. The van der Waals surface area contributed by atoms with Crippen molar-refractivity contribution in [2.75, 3.05) is 16.0 Å². The topological polar surface area (TPSA) is 58.4 Å². The highest BCUT2D eigenvalue weighted by molar-refractivity contribution is 9.10. The number of carbonyl (C=O) groups is 1. The van der Waals surface area contributed by atoms with Crippen LogP contribution < -0.4 is 16.0 Å². The molecule has 1 saturated heterocycles. The van der Waals surface area contributed by atoms with Crippen LogP contribution in [-0.4, -0.2) is 18.0 Å². The average Bonchev–Trinajstić information content (AvgIpc) is 2.58. The average molecular weight is 416 g/mol. The van der Waals surface area contributed by atoms with E-state index in [-0.39, 0.29) is 5.91 Å². The van der Waals surface area contributed by atoms with Crippen LogP contribution in [0.25, 0.3) is 0 Å². The molecule has 0 unspecified atom stereocenters. The molecule has 138 valence electrons. The van der Waals surface area contributed by atoms with Gasteiger partial charge in [-0.25, -0.2) is 0 Å². The Bertz CT molecular complexity index is 811. The first-order chi connectivity index (χ1) is 12.4. The second-order valence-electron chi connectivity index (χ2n) is 7.20. The number of amides is 1. The lowest BCUT2D eigenvalue weighted by atomic mass is 9.95. The number of nitrogen functional groups attached to an aromatic ring is 1. The predicted octanol–water partition coefficient (Wildman–Crippen LogP) is 5.36. The summed E-state index contributed by atoms with van der Waals surface area (Å²) >= 11 is 3.43. The number of anilines is 3. The quantitative estimate of drug-likeness (QED) is 0.663. The first kappa shape index (κ1) is 18.8. The molecule has 4 nitrogen and oxygen atoms in total. The summed E-state index contributed by atoms with van der Waals surface area (Å²) in [5, 5.41) is 2.98. The third-order valence-corrected chi connectivity index (χ3v) is 5.90. The zero-order valence-electron chi connectivity index (χ0n) is 15.6. The minimum absolute atomic E-state index is 0.168. The van der Waals surface area contributed by atoms with Gasteiger partial charge in [0, 0.05) is 22.2 Å². The van der Waals surface area contributed by atoms with E-state index in [0.717, 1.165) is 15.7 Å². The second-order valence-corrected chi connectivity index (χ2v) is 8.05. The van der Waals surface area contributed by atoms with E-state index in [0.29, 0.717) is 29.0 Å². The first-order valence-electron chi connectivity index (χ1n) is 9.13. The van der Waals surface area contributed by atoms with Gasteiger partial charge in [-0.3, -0.25) is 4.79 Å². The maximum Gasteiger partial charge on any atom is 0.256 e. The molecule has 26 heavy (non-hydrogen) atoms. The van der Waals surface area contributed by atoms with E-state index in [1.54, 1.807) is 6.07 Å². The molecule has 2 aromatic rings. The van der Waals surface area contributed by atoms with Gasteiger partial charge in [0.05, 0.1) is 16.9 Å². The Labute approximate surface area is 163 Å². The molecule has 2 aromatic carbocycles.